The van der Waals surface area contributed by atoms with Crippen molar-refractivity contribution in [3.05, 3.63) is 87.1 Å². The zero-order valence-electron chi connectivity index (χ0n) is 12.9. The second-order valence-corrected chi connectivity index (χ2v) is 5.64. The first-order valence-corrected chi connectivity index (χ1v) is 7.74. The highest BCUT2D eigenvalue weighted by molar-refractivity contribution is 6.33. The molecule has 3 rings (SSSR count). The van der Waals surface area contributed by atoms with Gasteiger partial charge in [0.2, 0.25) is 0 Å². The van der Waals surface area contributed by atoms with Crippen molar-refractivity contribution in [2.24, 2.45) is 0 Å². The molecule has 0 atom stereocenters. The highest BCUT2D eigenvalue weighted by Crippen LogP contribution is 2.23. The zero-order valence-corrected chi connectivity index (χ0v) is 13.7. The van der Waals surface area contributed by atoms with Crippen LogP contribution in [-0.2, 0) is 6.54 Å². The largest absolute Gasteiger partial charge is 0.304 e. The van der Waals surface area contributed by atoms with Crippen LogP contribution in [0.1, 0.15) is 15.9 Å². The Kier molecular flexibility index (Phi) is 4.76. The number of amides is 1. The van der Waals surface area contributed by atoms with Crippen molar-refractivity contribution in [3.8, 4) is 0 Å². The summed E-state index contributed by atoms with van der Waals surface area (Å²) in [5.41, 5.74) is 0.694. The van der Waals surface area contributed by atoms with Crippen molar-refractivity contribution < 1.29 is 9.72 Å². The van der Waals surface area contributed by atoms with Gasteiger partial charge in [-0.1, -0.05) is 54.1 Å². The second kappa shape index (κ2) is 7.14. The topological polar surface area (TPSA) is 90.1 Å². The Morgan fingerprint density at radius 1 is 1.16 bits per heavy atom. The highest BCUT2D eigenvalue weighted by Gasteiger charge is 2.21. The number of hydrogen-bond acceptors (Lipinski definition) is 4. The third-order valence-corrected chi connectivity index (χ3v) is 3.76. The Labute approximate surface area is 148 Å². The van der Waals surface area contributed by atoms with Crippen LogP contribution in [0.15, 0.2) is 60.8 Å². The second-order valence-electron chi connectivity index (χ2n) is 5.24. The number of aromatic nitrogens is 2. The maximum Gasteiger partial charge on any atom is 0.282 e. The molecule has 2 aromatic carbocycles. The number of nitrogens with zero attached hydrogens (tertiary/aromatic N) is 3. The number of anilines is 1. The maximum atomic E-state index is 12.3. The molecule has 0 aliphatic rings. The molecule has 0 unspecified atom stereocenters. The molecule has 8 heteroatoms. The number of nitro groups is 1. The van der Waals surface area contributed by atoms with Crippen LogP contribution >= 0.6 is 11.6 Å². The first kappa shape index (κ1) is 16.7. The number of benzene rings is 2. The number of carbonyl (C=O) groups is 1. The quantitative estimate of drug-likeness (QED) is 0.557. The van der Waals surface area contributed by atoms with E-state index >= 15 is 0 Å². The SMILES string of the molecule is O=C(Nc1nn(Cc2ccccc2)cc1Cl)c1ccccc1[N+](=O)[O-]. The van der Waals surface area contributed by atoms with E-state index in [0.29, 0.717) is 6.54 Å². The van der Waals surface area contributed by atoms with Gasteiger partial charge in [-0.2, -0.15) is 5.10 Å². The number of nitro benzene ring substituents is 1. The van der Waals surface area contributed by atoms with Gasteiger partial charge in [-0.3, -0.25) is 19.6 Å². The Morgan fingerprint density at radius 2 is 1.84 bits per heavy atom. The van der Waals surface area contributed by atoms with Crippen LogP contribution < -0.4 is 5.32 Å². The van der Waals surface area contributed by atoms with Gasteiger partial charge in [-0.05, 0) is 11.6 Å². The Hall–Kier alpha value is -3.19. The molecule has 0 spiro atoms. The summed E-state index contributed by atoms with van der Waals surface area (Å²) >= 11 is 6.11. The average molecular weight is 357 g/mol. The van der Waals surface area contributed by atoms with E-state index < -0.39 is 10.8 Å². The van der Waals surface area contributed by atoms with E-state index in [1.54, 1.807) is 16.9 Å². The van der Waals surface area contributed by atoms with Crippen LogP contribution in [-0.4, -0.2) is 20.6 Å². The molecule has 0 radical (unpaired) electrons. The van der Waals surface area contributed by atoms with Gasteiger partial charge in [0.05, 0.1) is 11.5 Å². The van der Waals surface area contributed by atoms with Crippen molar-refractivity contribution in [1.82, 2.24) is 9.78 Å². The summed E-state index contributed by atoms with van der Waals surface area (Å²) in [4.78, 5) is 22.8. The van der Waals surface area contributed by atoms with Crippen LogP contribution in [0.2, 0.25) is 5.02 Å². The van der Waals surface area contributed by atoms with Crippen molar-refractivity contribution in [3.63, 3.8) is 0 Å². The van der Waals surface area contributed by atoms with Gasteiger partial charge < -0.3 is 5.32 Å². The molecule has 1 heterocycles. The first-order valence-electron chi connectivity index (χ1n) is 7.36. The third-order valence-electron chi connectivity index (χ3n) is 3.48. The van der Waals surface area contributed by atoms with Gasteiger partial charge in [0.1, 0.15) is 10.6 Å². The average Bonchev–Trinajstić information content (AvgIpc) is 2.94. The predicted octanol–water partition coefficient (Wildman–Crippen LogP) is 3.75. The van der Waals surface area contributed by atoms with E-state index in [1.165, 1.54) is 18.2 Å². The fraction of sp³-hybridized carbons (Fsp3) is 0.0588. The van der Waals surface area contributed by atoms with E-state index in [4.69, 9.17) is 11.6 Å². The molecule has 7 nitrogen and oxygen atoms in total. The lowest BCUT2D eigenvalue weighted by atomic mass is 10.1. The molecule has 1 aromatic heterocycles. The minimum absolute atomic E-state index is 0.0545. The summed E-state index contributed by atoms with van der Waals surface area (Å²) in [6.07, 6.45) is 1.59. The van der Waals surface area contributed by atoms with Gasteiger partial charge in [0.15, 0.2) is 5.82 Å². The van der Waals surface area contributed by atoms with Crippen LogP contribution in [0, 0.1) is 10.1 Å². The summed E-state index contributed by atoms with van der Waals surface area (Å²) in [5.74, 6) is -0.486. The van der Waals surface area contributed by atoms with Crippen molar-refractivity contribution in [1.29, 1.82) is 0 Å². The Morgan fingerprint density at radius 3 is 2.56 bits per heavy atom. The number of carbonyl (C=O) groups excluding carboxylic acids is 1. The van der Waals surface area contributed by atoms with Gasteiger partial charge in [0, 0.05) is 12.3 Å². The number of para-hydroxylation sites is 1. The zero-order chi connectivity index (χ0) is 17.8. The monoisotopic (exact) mass is 356 g/mol. The van der Waals surface area contributed by atoms with Gasteiger partial charge in [-0.15, -0.1) is 0 Å². The van der Waals surface area contributed by atoms with E-state index in [1.807, 2.05) is 30.3 Å². The van der Waals surface area contributed by atoms with E-state index in [-0.39, 0.29) is 22.1 Å². The predicted molar refractivity (Wildman–Crippen MR) is 93.8 cm³/mol. The van der Waals surface area contributed by atoms with Crippen molar-refractivity contribution >= 4 is 29.0 Å². The van der Waals surface area contributed by atoms with Crippen LogP contribution in [0.5, 0.6) is 0 Å². The summed E-state index contributed by atoms with van der Waals surface area (Å²) in [6, 6.07) is 15.3. The lowest BCUT2D eigenvalue weighted by molar-refractivity contribution is -0.385. The Bertz CT molecular complexity index is 925. The standard InChI is InChI=1S/C17H13ClN4O3/c18-14-11-21(10-12-6-2-1-3-7-12)20-16(14)19-17(23)13-8-4-5-9-15(13)22(24)25/h1-9,11H,10H2,(H,19,20,23). The number of rotatable bonds is 5. The molecule has 126 valence electrons. The lowest BCUT2D eigenvalue weighted by Crippen LogP contribution is -2.15. The summed E-state index contributed by atoms with van der Waals surface area (Å²) < 4.78 is 1.59. The fourth-order valence-electron chi connectivity index (χ4n) is 2.33. The maximum absolute atomic E-state index is 12.3. The van der Waals surface area contributed by atoms with Gasteiger partial charge in [0.25, 0.3) is 11.6 Å². The molecule has 3 aromatic rings. The molecule has 1 amide bonds. The van der Waals surface area contributed by atoms with Crippen molar-refractivity contribution in [2.45, 2.75) is 6.54 Å². The lowest BCUT2D eigenvalue weighted by Gasteiger charge is -2.04. The number of nitrogens with one attached hydrogen (secondary N) is 1. The molecule has 25 heavy (non-hydrogen) atoms. The highest BCUT2D eigenvalue weighted by atomic mass is 35.5. The van der Waals surface area contributed by atoms with Crippen LogP contribution in [0.3, 0.4) is 0 Å². The van der Waals surface area contributed by atoms with Crippen LogP contribution in [0.4, 0.5) is 11.5 Å². The molecule has 0 saturated heterocycles. The molecule has 0 aliphatic heterocycles. The smallest absolute Gasteiger partial charge is 0.282 e. The van der Waals surface area contributed by atoms with Crippen LogP contribution in [0.25, 0.3) is 0 Å². The van der Waals surface area contributed by atoms with E-state index in [9.17, 15) is 14.9 Å². The van der Waals surface area contributed by atoms with Gasteiger partial charge >= 0.3 is 0 Å². The van der Waals surface area contributed by atoms with E-state index in [2.05, 4.69) is 10.4 Å². The number of hydrogen-bond donors (Lipinski definition) is 1. The molecule has 0 saturated carbocycles. The summed E-state index contributed by atoms with van der Waals surface area (Å²) in [6.45, 7) is 0.488. The van der Waals surface area contributed by atoms with Crippen molar-refractivity contribution in [2.75, 3.05) is 5.32 Å². The number of halogens is 1. The fourth-order valence-corrected chi connectivity index (χ4v) is 2.53. The first-order chi connectivity index (χ1) is 12.0. The molecule has 0 fully saturated rings. The normalized spacial score (nSPS) is 10.4. The third kappa shape index (κ3) is 3.84. The Balaban J connectivity index is 1.80. The minimum atomic E-state index is -0.640. The van der Waals surface area contributed by atoms with E-state index in [0.717, 1.165) is 5.56 Å². The molecule has 1 N–H and O–H groups in total. The van der Waals surface area contributed by atoms with Gasteiger partial charge in [-0.25, -0.2) is 0 Å². The summed E-state index contributed by atoms with van der Waals surface area (Å²) in [7, 11) is 0. The molecular formula is C17H13ClN4O3. The molecular weight excluding hydrogens is 344 g/mol. The summed E-state index contributed by atoms with van der Waals surface area (Å²) in [5, 5.41) is 18.0. The minimum Gasteiger partial charge on any atom is -0.304 e. The molecule has 0 aliphatic carbocycles. The molecule has 0 bridgehead atoms.